The normalized spacial score (nSPS) is 28.0. The highest BCUT2D eigenvalue weighted by molar-refractivity contribution is 5.89. The van der Waals surface area contributed by atoms with Gasteiger partial charge in [0.15, 0.2) is 6.61 Å². The van der Waals surface area contributed by atoms with Gasteiger partial charge in [-0.1, -0.05) is 57.0 Å². The summed E-state index contributed by atoms with van der Waals surface area (Å²) >= 11 is 0. The Morgan fingerprint density at radius 2 is 1.88 bits per heavy atom. The zero-order valence-corrected chi connectivity index (χ0v) is 14.6. The standard InChI is InChI=1S/C20H27NO3/c1-14-7-6-10-17(15(14)2)21-18(22)13-24-19(23)20(11-12-20)16-8-4-3-5-9-16/h3-5,8-9,14-15,17H,6-7,10-13H2,1-2H3,(H,21,22)/t14-,15-,17+/m1/s1. The molecule has 0 spiro atoms. The highest BCUT2D eigenvalue weighted by Gasteiger charge is 2.52. The second kappa shape index (κ2) is 6.96. The average molecular weight is 329 g/mol. The Hall–Kier alpha value is -1.84. The first kappa shape index (κ1) is 17.0. The molecule has 2 aliphatic rings. The third kappa shape index (κ3) is 3.47. The van der Waals surface area contributed by atoms with E-state index in [1.807, 2.05) is 30.3 Å². The number of ether oxygens (including phenoxy) is 1. The van der Waals surface area contributed by atoms with Gasteiger partial charge in [-0.15, -0.1) is 0 Å². The van der Waals surface area contributed by atoms with Gasteiger partial charge in [-0.3, -0.25) is 9.59 Å². The highest BCUT2D eigenvalue weighted by Crippen LogP contribution is 2.49. The summed E-state index contributed by atoms with van der Waals surface area (Å²) < 4.78 is 5.34. The number of amides is 1. The first-order valence-corrected chi connectivity index (χ1v) is 9.05. The van der Waals surface area contributed by atoms with Gasteiger partial charge in [-0.05, 0) is 36.7 Å². The van der Waals surface area contributed by atoms with Crippen LogP contribution >= 0.6 is 0 Å². The fraction of sp³-hybridized carbons (Fsp3) is 0.600. The van der Waals surface area contributed by atoms with E-state index in [0.717, 1.165) is 31.2 Å². The molecule has 4 nitrogen and oxygen atoms in total. The summed E-state index contributed by atoms with van der Waals surface area (Å²) in [4.78, 5) is 24.6. The lowest BCUT2D eigenvalue weighted by atomic mass is 9.78. The molecule has 0 aliphatic heterocycles. The molecule has 0 saturated heterocycles. The number of hydrogen-bond donors (Lipinski definition) is 1. The lowest BCUT2D eigenvalue weighted by molar-refractivity contribution is -0.151. The van der Waals surface area contributed by atoms with E-state index in [9.17, 15) is 9.59 Å². The molecule has 1 aromatic rings. The molecule has 0 unspecified atom stereocenters. The molecule has 4 heteroatoms. The zero-order valence-electron chi connectivity index (χ0n) is 14.6. The molecule has 24 heavy (non-hydrogen) atoms. The van der Waals surface area contributed by atoms with Crippen molar-refractivity contribution in [2.24, 2.45) is 11.8 Å². The van der Waals surface area contributed by atoms with Crippen molar-refractivity contribution in [3.8, 4) is 0 Å². The Morgan fingerprint density at radius 3 is 2.54 bits per heavy atom. The molecule has 0 bridgehead atoms. The summed E-state index contributed by atoms with van der Waals surface area (Å²) in [7, 11) is 0. The summed E-state index contributed by atoms with van der Waals surface area (Å²) in [6.45, 7) is 4.25. The SMILES string of the molecule is C[C@@H]1[C@H](C)CCC[C@@H]1NC(=O)COC(=O)C1(c2ccccc2)CC1. The monoisotopic (exact) mass is 329 g/mol. The molecule has 3 rings (SSSR count). The summed E-state index contributed by atoms with van der Waals surface area (Å²) in [5, 5.41) is 3.05. The second-order valence-corrected chi connectivity index (χ2v) is 7.47. The van der Waals surface area contributed by atoms with E-state index in [4.69, 9.17) is 4.74 Å². The maximum atomic E-state index is 12.4. The minimum absolute atomic E-state index is 0.176. The van der Waals surface area contributed by atoms with E-state index < -0.39 is 5.41 Å². The quantitative estimate of drug-likeness (QED) is 0.844. The second-order valence-electron chi connectivity index (χ2n) is 7.47. The molecule has 1 N–H and O–H groups in total. The molecule has 1 aromatic carbocycles. The van der Waals surface area contributed by atoms with Crippen molar-refractivity contribution >= 4 is 11.9 Å². The lowest BCUT2D eigenvalue weighted by Gasteiger charge is -2.34. The third-order valence-electron chi connectivity index (χ3n) is 5.85. The van der Waals surface area contributed by atoms with Gasteiger partial charge in [0.05, 0.1) is 5.41 Å². The van der Waals surface area contributed by atoms with Gasteiger partial charge in [-0.25, -0.2) is 0 Å². The molecule has 0 heterocycles. The number of rotatable bonds is 5. The Kier molecular flexibility index (Phi) is 4.93. The first-order chi connectivity index (χ1) is 11.5. The van der Waals surface area contributed by atoms with Gasteiger partial charge >= 0.3 is 5.97 Å². The molecular weight excluding hydrogens is 302 g/mol. The van der Waals surface area contributed by atoms with Crippen LogP contribution in [0.5, 0.6) is 0 Å². The molecule has 2 saturated carbocycles. The molecule has 2 aliphatic carbocycles. The van der Waals surface area contributed by atoms with Crippen LogP contribution in [0.15, 0.2) is 30.3 Å². The van der Waals surface area contributed by atoms with Crippen molar-refractivity contribution in [3.63, 3.8) is 0 Å². The molecule has 3 atom stereocenters. The van der Waals surface area contributed by atoms with Crippen LogP contribution < -0.4 is 5.32 Å². The van der Waals surface area contributed by atoms with Gasteiger partial charge in [0, 0.05) is 6.04 Å². The van der Waals surface area contributed by atoms with Gasteiger partial charge < -0.3 is 10.1 Å². The van der Waals surface area contributed by atoms with Crippen molar-refractivity contribution < 1.29 is 14.3 Å². The van der Waals surface area contributed by atoms with Crippen molar-refractivity contribution in [1.29, 1.82) is 0 Å². The fourth-order valence-corrected chi connectivity index (χ4v) is 3.80. The number of esters is 1. The van der Waals surface area contributed by atoms with E-state index >= 15 is 0 Å². The van der Waals surface area contributed by atoms with Crippen LogP contribution in [0, 0.1) is 11.8 Å². The smallest absolute Gasteiger partial charge is 0.317 e. The zero-order chi connectivity index (χ0) is 17.2. The fourth-order valence-electron chi connectivity index (χ4n) is 3.80. The van der Waals surface area contributed by atoms with E-state index in [1.165, 1.54) is 6.42 Å². The van der Waals surface area contributed by atoms with Gasteiger partial charge in [-0.2, -0.15) is 0 Å². The summed E-state index contributed by atoms with van der Waals surface area (Å²) in [5.41, 5.74) is 0.471. The molecule has 0 aromatic heterocycles. The van der Waals surface area contributed by atoms with Crippen molar-refractivity contribution in [3.05, 3.63) is 35.9 Å². The van der Waals surface area contributed by atoms with Crippen LogP contribution in [0.2, 0.25) is 0 Å². The molecule has 2 fully saturated rings. The van der Waals surface area contributed by atoms with Crippen LogP contribution in [0.25, 0.3) is 0 Å². The van der Waals surface area contributed by atoms with Crippen LogP contribution in [-0.2, 0) is 19.7 Å². The predicted molar refractivity (Wildman–Crippen MR) is 92.4 cm³/mol. The summed E-state index contributed by atoms with van der Waals surface area (Å²) in [5.74, 6) is 0.643. The molecule has 1 amide bonds. The predicted octanol–water partition coefficient (Wildman–Crippen LogP) is 3.20. The number of carbonyl (C=O) groups excluding carboxylic acids is 2. The minimum Gasteiger partial charge on any atom is -0.455 e. The van der Waals surface area contributed by atoms with E-state index in [0.29, 0.717) is 11.8 Å². The average Bonchev–Trinajstić information content (AvgIpc) is 3.40. The van der Waals surface area contributed by atoms with Crippen molar-refractivity contribution in [2.75, 3.05) is 6.61 Å². The highest BCUT2D eigenvalue weighted by atomic mass is 16.5. The Bertz CT molecular complexity index is 594. The van der Waals surface area contributed by atoms with Crippen LogP contribution in [0.4, 0.5) is 0 Å². The third-order valence-corrected chi connectivity index (χ3v) is 5.85. The largest absolute Gasteiger partial charge is 0.455 e. The molecule has 0 radical (unpaired) electrons. The van der Waals surface area contributed by atoms with Crippen molar-refractivity contribution in [1.82, 2.24) is 5.32 Å². The van der Waals surface area contributed by atoms with Crippen LogP contribution in [-0.4, -0.2) is 24.5 Å². The summed E-state index contributed by atoms with van der Waals surface area (Å²) in [6.07, 6.45) is 4.98. The summed E-state index contributed by atoms with van der Waals surface area (Å²) in [6, 6.07) is 9.91. The van der Waals surface area contributed by atoms with Crippen LogP contribution in [0.1, 0.15) is 51.5 Å². The van der Waals surface area contributed by atoms with Gasteiger partial charge in [0.25, 0.3) is 5.91 Å². The number of nitrogens with one attached hydrogen (secondary N) is 1. The molecule has 130 valence electrons. The Morgan fingerprint density at radius 1 is 1.17 bits per heavy atom. The lowest BCUT2D eigenvalue weighted by Crippen LogP contribution is -2.45. The number of hydrogen-bond acceptors (Lipinski definition) is 3. The van der Waals surface area contributed by atoms with E-state index in [2.05, 4.69) is 19.2 Å². The van der Waals surface area contributed by atoms with Gasteiger partial charge in [0.1, 0.15) is 0 Å². The van der Waals surface area contributed by atoms with Crippen molar-refractivity contribution in [2.45, 2.75) is 57.4 Å². The maximum Gasteiger partial charge on any atom is 0.317 e. The van der Waals surface area contributed by atoms with E-state index in [1.54, 1.807) is 0 Å². The van der Waals surface area contributed by atoms with Gasteiger partial charge in [0.2, 0.25) is 0 Å². The molecular formula is C20H27NO3. The van der Waals surface area contributed by atoms with Crippen LogP contribution in [0.3, 0.4) is 0 Å². The first-order valence-electron chi connectivity index (χ1n) is 9.05. The number of carbonyl (C=O) groups is 2. The maximum absolute atomic E-state index is 12.4. The Labute approximate surface area is 144 Å². The van der Waals surface area contributed by atoms with E-state index in [-0.39, 0.29) is 24.5 Å². The topological polar surface area (TPSA) is 55.4 Å². The Balaban J connectivity index is 1.51. The minimum atomic E-state index is -0.520. The number of benzene rings is 1.